The summed E-state index contributed by atoms with van der Waals surface area (Å²) in [7, 11) is 0. The standard InChI is InChI=1S/C14H27N3O2/c1-10(2)17(12(4)18)9-13-7-5-6-8-16(13)14(19)11(3)15/h10-11,13H,5-9,15H2,1-4H3/t11-,13+/m0/s1. The van der Waals surface area contributed by atoms with E-state index in [1.807, 2.05) is 23.6 Å². The van der Waals surface area contributed by atoms with Gasteiger partial charge in [0.15, 0.2) is 0 Å². The molecule has 0 aromatic rings. The minimum absolute atomic E-state index is 0.00282. The average Bonchev–Trinajstić information content (AvgIpc) is 2.34. The number of hydrogen-bond acceptors (Lipinski definition) is 3. The van der Waals surface area contributed by atoms with Crippen LogP contribution in [0.1, 0.15) is 47.0 Å². The Morgan fingerprint density at radius 1 is 1.32 bits per heavy atom. The van der Waals surface area contributed by atoms with Crippen molar-refractivity contribution in [3.63, 3.8) is 0 Å². The zero-order valence-corrected chi connectivity index (χ0v) is 12.6. The molecule has 1 aliphatic heterocycles. The van der Waals surface area contributed by atoms with Crippen LogP contribution in [0.5, 0.6) is 0 Å². The summed E-state index contributed by atoms with van der Waals surface area (Å²) in [4.78, 5) is 27.5. The van der Waals surface area contributed by atoms with Gasteiger partial charge in [-0.05, 0) is 40.0 Å². The van der Waals surface area contributed by atoms with Gasteiger partial charge in [-0.1, -0.05) is 0 Å². The molecule has 110 valence electrons. The molecule has 5 nitrogen and oxygen atoms in total. The molecule has 5 heteroatoms. The normalized spacial score (nSPS) is 21.4. The van der Waals surface area contributed by atoms with Crippen LogP contribution >= 0.6 is 0 Å². The first-order valence-corrected chi connectivity index (χ1v) is 7.17. The molecule has 1 heterocycles. The first kappa shape index (κ1) is 16.0. The highest BCUT2D eigenvalue weighted by Crippen LogP contribution is 2.19. The van der Waals surface area contributed by atoms with Gasteiger partial charge in [0, 0.05) is 32.1 Å². The van der Waals surface area contributed by atoms with Crippen LogP contribution in [0.2, 0.25) is 0 Å². The van der Waals surface area contributed by atoms with Crippen molar-refractivity contribution in [2.24, 2.45) is 5.73 Å². The summed E-state index contributed by atoms with van der Waals surface area (Å²) in [6.07, 6.45) is 3.09. The third-order valence-electron chi connectivity index (χ3n) is 3.74. The Bertz CT molecular complexity index is 329. The number of carbonyl (C=O) groups excluding carboxylic acids is 2. The molecule has 1 rings (SSSR count). The summed E-state index contributed by atoms with van der Waals surface area (Å²) in [5.41, 5.74) is 5.71. The van der Waals surface area contributed by atoms with E-state index in [4.69, 9.17) is 5.73 Å². The Hall–Kier alpha value is -1.10. The van der Waals surface area contributed by atoms with E-state index in [9.17, 15) is 9.59 Å². The predicted octanol–water partition coefficient (Wildman–Crippen LogP) is 0.972. The lowest BCUT2D eigenvalue weighted by Crippen LogP contribution is -2.54. The predicted molar refractivity (Wildman–Crippen MR) is 75.5 cm³/mol. The lowest BCUT2D eigenvalue weighted by molar-refractivity contribution is -0.139. The largest absolute Gasteiger partial charge is 0.338 e. The Morgan fingerprint density at radius 3 is 2.42 bits per heavy atom. The van der Waals surface area contributed by atoms with Crippen LogP contribution in [-0.4, -0.2) is 52.8 Å². The Morgan fingerprint density at radius 2 is 1.95 bits per heavy atom. The summed E-state index contributed by atoms with van der Waals surface area (Å²) >= 11 is 0. The van der Waals surface area contributed by atoms with Crippen molar-refractivity contribution in [1.29, 1.82) is 0 Å². The van der Waals surface area contributed by atoms with Crippen LogP contribution in [0, 0.1) is 0 Å². The van der Waals surface area contributed by atoms with Crippen LogP contribution in [0.4, 0.5) is 0 Å². The minimum Gasteiger partial charge on any atom is -0.338 e. The highest BCUT2D eigenvalue weighted by molar-refractivity contribution is 5.81. The summed E-state index contributed by atoms with van der Waals surface area (Å²) in [5, 5.41) is 0. The number of hydrogen-bond donors (Lipinski definition) is 1. The number of rotatable bonds is 4. The molecule has 19 heavy (non-hydrogen) atoms. The number of piperidine rings is 1. The topological polar surface area (TPSA) is 66.6 Å². The molecule has 2 amide bonds. The maximum Gasteiger partial charge on any atom is 0.239 e. The number of likely N-dealkylation sites (tertiary alicyclic amines) is 1. The molecule has 2 N–H and O–H groups in total. The zero-order valence-electron chi connectivity index (χ0n) is 12.6. The van der Waals surface area contributed by atoms with Crippen molar-refractivity contribution in [1.82, 2.24) is 9.80 Å². The van der Waals surface area contributed by atoms with Gasteiger partial charge in [0.25, 0.3) is 0 Å². The smallest absolute Gasteiger partial charge is 0.239 e. The quantitative estimate of drug-likeness (QED) is 0.827. The molecule has 2 atom stereocenters. The van der Waals surface area contributed by atoms with E-state index >= 15 is 0 Å². The molecule has 0 unspecified atom stereocenters. The molecule has 0 aliphatic carbocycles. The highest BCUT2D eigenvalue weighted by Gasteiger charge is 2.30. The van der Waals surface area contributed by atoms with Crippen LogP contribution in [0.25, 0.3) is 0 Å². The monoisotopic (exact) mass is 269 g/mol. The van der Waals surface area contributed by atoms with E-state index in [1.165, 1.54) is 0 Å². The first-order valence-electron chi connectivity index (χ1n) is 7.17. The van der Waals surface area contributed by atoms with E-state index in [1.54, 1.807) is 13.8 Å². The van der Waals surface area contributed by atoms with E-state index in [0.717, 1.165) is 25.8 Å². The molecule has 0 aromatic carbocycles. The van der Waals surface area contributed by atoms with Crippen molar-refractivity contribution in [2.75, 3.05) is 13.1 Å². The number of carbonyl (C=O) groups is 2. The second kappa shape index (κ2) is 6.89. The second-order valence-corrected chi connectivity index (χ2v) is 5.74. The highest BCUT2D eigenvalue weighted by atomic mass is 16.2. The van der Waals surface area contributed by atoms with E-state index in [0.29, 0.717) is 6.54 Å². The van der Waals surface area contributed by atoms with Crippen LogP contribution in [-0.2, 0) is 9.59 Å². The Kier molecular flexibility index (Phi) is 5.79. The Balaban J connectivity index is 2.77. The van der Waals surface area contributed by atoms with Gasteiger partial charge in [0.2, 0.25) is 11.8 Å². The lowest BCUT2D eigenvalue weighted by Gasteiger charge is -2.40. The molecular weight excluding hydrogens is 242 g/mol. The summed E-state index contributed by atoms with van der Waals surface area (Å²) in [6, 6.07) is -0.198. The maximum atomic E-state index is 12.1. The number of amides is 2. The zero-order chi connectivity index (χ0) is 14.6. The van der Waals surface area contributed by atoms with Gasteiger partial charge in [-0.15, -0.1) is 0 Å². The molecule has 0 bridgehead atoms. The van der Waals surface area contributed by atoms with Crippen LogP contribution in [0.15, 0.2) is 0 Å². The summed E-state index contributed by atoms with van der Waals surface area (Å²) in [6.45, 7) is 8.68. The first-order chi connectivity index (χ1) is 8.84. The third-order valence-corrected chi connectivity index (χ3v) is 3.74. The molecule has 0 aromatic heterocycles. The fourth-order valence-electron chi connectivity index (χ4n) is 2.67. The van der Waals surface area contributed by atoms with Gasteiger partial charge >= 0.3 is 0 Å². The molecular formula is C14H27N3O2. The molecule has 1 saturated heterocycles. The lowest BCUT2D eigenvalue weighted by atomic mass is 10.00. The van der Waals surface area contributed by atoms with Gasteiger partial charge in [0.05, 0.1) is 6.04 Å². The molecule has 0 saturated carbocycles. The minimum atomic E-state index is -0.467. The van der Waals surface area contributed by atoms with Crippen LogP contribution in [0.3, 0.4) is 0 Å². The maximum absolute atomic E-state index is 12.1. The van der Waals surface area contributed by atoms with Crippen molar-refractivity contribution in [3.8, 4) is 0 Å². The molecule has 0 radical (unpaired) electrons. The van der Waals surface area contributed by atoms with Crippen molar-refractivity contribution >= 4 is 11.8 Å². The fourth-order valence-corrected chi connectivity index (χ4v) is 2.67. The third kappa shape index (κ3) is 4.20. The van der Waals surface area contributed by atoms with Gasteiger partial charge in [-0.25, -0.2) is 0 Å². The Labute approximate surface area is 116 Å². The second-order valence-electron chi connectivity index (χ2n) is 5.74. The molecule has 0 spiro atoms. The SMILES string of the molecule is CC(=O)N(C[C@H]1CCCCN1C(=O)[C@H](C)N)C(C)C. The van der Waals surface area contributed by atoms with Crippen molar-refractivity contribution in [2.45, 2.75) is 65.1 Å². The van der Waals surface area contributed by atoms with Gasteiger partial charge in [-0.3, -0.25) is 9.59 Å². The van der Waals surface area contributed by atoms with Crippen molar-refractivity contribution in [3.05, 3.63) is 0 Å². The van der Waals surface area contributed by atoms with Gasteiger partial charge in [0.1, 0.15) is 0 Å². The van der Waals surface area contributed by atoms with E-state index in [2.05, 4.69) is 0 Å². The van der Waals surface area contributed by atoms with Crippen LogP contribution < -0.4 is 5.73 Å². The van der Waals surface area contributed by atoms with E-state index in [-0.39, 0.29) is 23.9 Å². The number of nitrogens with two attached hydrogens (primary N) is 1. The van der Waals surface area contributed by atoms with E-state index < -0.39 is 6.04 Å². The summed E-state index contributed by atoms with van der Waals surface area (Å²) in [5.74, 6) is 0.0609. The fraction of sp³-hybridized carbons (Fsp3) is 0.857. The molecule has 1 aliphatic rings. The van der Waals surface area contributed by atoms with Crippen molar-refractivity contribution < 1.29 is 9.59 Å². The van der Waals surface area contributed by atoms with Gasteiger partial charge < -0.3 is 15.5 Å². The van der Waals surface area contributed by atoms with Gasteiger partial charge in [-0.2, -0.15) is 0 Å². The average molecular weight is 269 g/mol. The number of nitrogens with zero attached hydrogens (tertiary/aromatic N) is 2. The molecule has 1 fully saturated rings. The summed E-state index contributed by atoms with van der Waals surface area (Å²) < 4.78 is 0.